The van der Waals surface area contributed by atoms with Crippen LogP contribution in [0.15, 0.2) is 47.7 Å². The van der Waals surface area contributed by atoms with Crippen molar-refractivity contribution in [3.8, 4) is 5.69 Å². The van der Waals surface area contributed by atoms with Gasteiger partial charge in [0, 0.05) is 25.0 Å². The Morgan fingerprint density at radius 1 is 1.36 bits per heavy atom. The molecule has 132 valence electrons. The van der Waals surface area contributed by atoms with Crippen LogP contribution < -0.4 is 10.6 Å². The first-order valence-corrected chi connectivity index (χ1v) is 8.66. The molecular formula is C19H24FN5. The predicted molar refractivity (Wildman–Crippen MR) is 98.4 cm³/mol. The number of hydrogen-bond acceptors (Lipinski definition) is 2. The SMILES string of the molecule is CCNC(=NCc1ccc(-n2ccnc2C)c(F)c1)NC1CC=CC1. The van der Waals surface area contributed by atoms with Crippen molar-refractivity contribution >= 4 is 5.96 Å². The average Bonchev–Trinajstić information content (AvgIpc) is 3.25. The van der Waals surface area contributed by atoms with Gasteiger partial charge in [-0.25, -0.2) is 14.4 Å². The van der Waals surface area contributed by atoms with Crippen LogP contribution in [0.1, 0.15) is 31.2 Å². The molecule has 0 fully saturated rings. The first-order chi connectivity index (χ1) is 12.2. The van der Waals surface area contributed by atoms with E-state index in [-0.39, 0.29) is 5.82 Å². The zero-order valence-corrected chi connectivity index (χ0v) is 14.7. The summed E-state index contributed by atoms with van der Waals surface area (Å²) in [5, 5.41) is 6.65. The molecule has 0 spiro atoms. The second-order valence-electron chi connectivity index (χ2n) is 6.11. The Balaban J connectivity index is 1.70. The Morgan fingerprint density at radius 2 is 2.16 bits per heavy atom. The van der Waals surface area contributed by atoms with Gasteiger partial charge in [0.05, 0.1) is 12.2 Å². The smallest absolute Gasteiger partial charge is 0.191 e. The third kappa shape index (κ3) is 4.26. The van der Waals surface area contributed by atoms with Crippen LogP contribution in [0.4, 0.5) is 4.39 Å². The standard InChI is InChI=1S/C19H24FN5/c1-3-21-19(24-16-6-4-5-7-16)23-13-15-8-9-18(17(20)12-15)25-11-10-22-14(25)2/h4-5,8-12,16H,3,6-7,13H2,1-2H3,(H2,21,23,24). The first-order valence-electron chi connectivity index (χ1n) is 8.66. The number of aromatic nitrogens is 2. The molecule has 0 atom stereocenters. The third-order valence-electron chi connectivity index (χ3n) is 4.21. The number of aliphatic imine (C=N–C) groups is 1. The molecule has 1 aliphatic carbocycles. The molecule has 0 radical (unpaired) electrons. The number of nitrogens with one attached hydrogen (secondary N) is 2. The van der Waals surface area contributed by atoms with Gasteiger partial charge in [-0.05, 0) is 44.4 Å². The van der Waals surface area contributed by atoms with Gasteiger partial charge in [-0.2, -0.15) is 0 Å². The fourth-order valence-electron chi connectivity index (χ4n) is 2.90. The van der Waals surface area contributed by atoms with E-state index in [1.54, 1.807) is 29.1 Å². The van der Waals surface area contributed by atoms with Crippen molar-refractivity contribution in [2.45, 2.75) is 39.3 Å². The molecule has 1 aromatic heterocycles. The maximum atomic E-state index is 14.5. The lowest BCUT2D eigenvalue weighted by molar-refractivity contribution is 0.613. The van der Waals surface area contributed by atoms with E-state index >= 15 is 0 Å². The highest BCUT2D eigenvalue weighted by Crippen LogP contribution is 2.17. The quantitative estimate of drug-likeness (QED) is 0.499. The van der Waals surface area contributed by atoms with E-state index in [1.807, 2.05) is 19.9 Å². The molecular weight excluding hydrogens is 317 g/mol. The number of hydrogen-bond donors (Lipinski definition) is 2. The second kappa shape index (κ2) is 7.96. The molecule has 0 bridgehead atoms. The summed E-state index contributed by atoms with van der Waals surface area (Å²) in [6.07, 6.45) is 9.80. The maximum absolute atomic E-state index is 14.5. The van der Waals surface area contributed by atoms with Gasteiger partial charge in [0.2, 0.25) is 0 Å². The zero-order valence-electron chi connectivity index (χ0n) is 14.7. The Hall–Kier alpha value is -2.63. The van der Waals surface area contributed by atoms with Gasteiger partial charge in [0.15, 0.2) is 5.96 Å². The minimum absolute atomic E-state index is 0.272. The molecule has 3 rings (SSSR count). The van der Waals surface area contributed by atoms with Crippen molar-refractivity contribution < 1.29 is 4.39 Å². The molecule has 0 saturated carbocycles. The Labute approximate surface area is 147 Å². The van der Waals surface area contributed by atoms with Gasteiger partial charge in [-0.1, -0.05) is 18.2 Å². The minimum atomic E-state index is -0.272. The number of nitrogens with zero attached hydrogens (tertiary/aromatic N) is 3. The predicted octanol–water partition coefficient (Wildman–Crippen LogP) is 3.09. The lowest BCUT2D eigenvalue weighted by atomic mass is 10.2. The Morgan fingerprint density at radius 3 is 2.80 bits per heavy atom. The molecule has 25 heavy (non-hydrogen) atoms. The van der Waals surface area contributed by atoms with Crippen molar-refractivity contribution in [1.29, 1.82) is 0 Å². The fourth-order valence-corrected chi connectivity index (χ4v) is 2.90. The topological polar surface area (TPSA) is 54.2 Å². The maximum Gasteiger partial charge on any atom is 0.191 e. The van der Waals surface area contributed by atoms with E-state index < -0.39 is 0 Å². The molecule has 6 heteroatoms. The normalized spacial score (nSPS) is 14.9. The molecule has 2 aromatic rings. The van der Waals surface area contributed by atoms with Crippen LogP contribution in [-0.2, 0) is 6.54 Å². The number of imidazole rings is 1. The minimum Gasteiger partial charge on any atom is -0.357 e. The van der Waals surface area contributed by atoms with Crippen molar-refractivity contribution in [3.63, 3.8) is 0 Å². The molecule has 0 amide bonds. The van der Waals surface area contributed by atoms with Crippen LogP contribution in [0.2, 0.25) is 0 Å². The summed E-state index contributed by atoms with van der Waals surface area (Å²) in [4.78, 5) is 8.72. The van der Waals surface area contributed by atoms with Crippen molar-refractivity contribution in [2.24, 2.45) is 4.99 Å². The van der Waals surface area contributed by atoms with Gasteiger partial charge in [0.25, 0.3) is 0 Å². The van der Waals surface area contributed by atoms with Crippen LogP contribution in [0.25, 0.3) is 5.69 Å². The van der Waals surface area contributed by atoms with Gasteiger partial charge in [-0.15, -0.1) is 0 Å². The summed E-state index contributed by atoms with van der Waals surface area (Å²) in [5.41, 5.74) is 1.34. The molecule has 1 aliphatic rings. The fraction of sp³-hybridized carbons (Fsp3) is 0.368. The highest BCUT2D eigenvalue weighted by atomic mass is 19.1. The van der Waals surface area contributed by atoms with Crippen LogP contribution in [-0.4, -0.2) is 28.1 Å². The van der Waals surface area contributed by atoms with E-state index in [2.05, 4.69) is 32.8 Å². The van der Waals surface area contributed by atoms with Gasteiger partial charge in [0.1, 0.15) is 11.6 Å². The Bertz CT molecular complexity index is 770. The molecule has 5 nitrogen and oxygen atoms in total. The zero-order chi connectivity index (χ0) is 17.6. The van der Waals surface area contributed by atoms with Crippen LogP contribution >= 0.6 is 0 Å². The van der Waals surface area contributed by atoms with Crippen molar-refractivity contribution in [1.82, 2.24) is 20.2 Å². The summed E-state index contributed by atoms with van der Waals surface area (Å²) < 4.78 is 16.2. The molecule has 0 aliphatic heterocycles. The van der Waals surface area contributed by atoms with E-state index in [0.29, 0.717) is 18.3 Å². The van der Waals surface area contributed by atoms with E-state index in [1.165, 1.54) is 0 Å². The number of guanidine groups is 1. The van der Waals surface area contributed by atoms with Crippen LogP contribution in [0, 0.1) is 12.7 Å². The first kappa shape index (κ1) is 17.2. The largest absolute Gasteiger partial charge is 0.357 e. The molecule has 1 aromatic carbocycles. The molecule has 2 N–H and O–H groups in total. The lowest BCUT2D eigenvalue weighted by Crippen LogP contribution is -2.42. The summed E-state index contributed by atoms with van der Waals surface area (Å²) in [7, 11) is 0. The number of halogens is 1. The van der Waals surface area contributed by atoms with Gasteiger partial charge >= 0.3 is 0 Å². The Kier molecular flexibility index (Phi) is 5.48. The van der Waals surface area contributed by atoms with E-state index in [9.17, 15) is 4.39 Å². The molecule has 0 saturated heterocycles. The van der Waals surface area contributed by atoms with Crippen LogP contribution in [0.3, 0.4) is 0 Å². The summed E-state index contributed by atoms with van der Waals surface area (Å²) >= 11 is 0. The van der Waals surface area contributed by atoms with E-state index in [4.69, 9.17) is 0 Å². The highest BCUT2D eigenvalue weighted by molar-refractivity contribution is 5.80. The summed E-state index contributed by atoms with van der Waals surface area (Å²) in [6.45, 7) is 5.10. The summed E-state index contributed by atoms with van der Waals surface area (Å²) in [6, 6.07) is 5.61. The number of benzene rings is 1. The van der Waals surface area contributed by atoms with Crippen LogP contribution in [0.5, 0.6) is 0 Å². The molecule has 0 unspecified atom stereocenters. The molecule has 1 heterocycles. The highest BCUT2D eigenvalue weighted by Gasteiger charge is 2.12. The average molecular weight is 341 g/mol. The summed E-state index contributed by atoms with van der Waals surface area (Å²) in [5.74, 6) is 1.26. The van der Waals surface area contributed by atoms with E-state index in [0.717, 1.165) is 36.7 Å². The van der Waals surface area contributed by atoms with Gasteiger partial charge < -0.3 is 15.2 Å². The van der Waals surface area contributed by atoms with Crippen molar-refractivity contribution in [3.05, 3.63) is 59.9 Å². The second-order valence-corrected chi connectivity index (χ2v) is 6.11. The third-order valence-corrected chi connectivity index (χ3v) is 4.21. The van der Waals surface area contributed by atoms with Gasteiger partial charge in [-0.3, -0.25) is 0 Å². The number of aryl methyl sites for hydroxylation is 1. The van der Waals surface area contributed by atoms with Crippen molar-refractivity contribution in [2.75, 3.05) is 6.54 Å². The number of rotatable bonds is 5. The lowest BCUT2D eigenvalue weighted by Gasteiger charge is -2.16. The monoisotopic (exact) mass is 341 g/mol.